The summed E-state index contributed by atoms with van der Waals surface area (Å²) in [6, 6.07) is 0.489. The first kappa shape index (κ1) is 11.4. The molecule has 72 valence electrons. The summed E-state index contributed by atoms with van der Waals surface area (Å²) in [6.07, 6.45) is 2.93. The summed E-state index contributed by atoms with van der Waals surface area (Å²) in [6.45, 7) is 6.23. The highest BCUT2D eigenvalue weighted by atomic mass is 15.0. The van der Waals surface area contributed by atoms with E-state index in [2.05, 4.69) is 43.2 Å². The van der Waals surface area contributed by atoms with E-state index in [-0.39, 0.29) is 0 Å². The molecule has 0 rings (SSSR count). The predicted molar refractivity (Wildman–Crippen MR) is 54.8 cm³/mol. The Morgan fingerprint density at radius 3 is 2.58 bits per heavy atom. The van der Waals surface area contributed by atoms with Gasteiger partial charge in [-0.25, -0.2) is 0 Å². The van der Waals surface area contributed by atoms with Crippen molar-refractivity contribution in [2.24, 2.45) is 4.99 Å². The summed E-state index contributed by atoms with van der Waals surface area (Å²) >= 11 is 0. The Bertz CT molecular complexity index is 119. The van der Waals surface area contributed by atoms with Gasteiger partial charge in [0.25, 0.3) is 0 Å². The minimum absolute atomic E-state index is 0.489. The molecule has 3 heteroatoms. The summed E-state index contributed by atoms with van der Waals surface area (Å²) in [7, 11) is 4.16. The summed E-state index contributed by atoms with van der Waals surface area (Å²) in [5.74, 6) is 0. The zero-order chi connectivity index (χ0) is 9.40. The number of rotatable bonds is 6. The fraction of sp³-hybridized carbons (Fsp3) is 0.889. The van der Waals surface area contributed by atoms with Gasteiger partial charge in [-0.1, -0.05) is 0 Å². The van der Waals surface area contributed by atoms with E-state index in [9.17, 15) is 0 Å². The summed E-state index contributed by atoms with van der Waals surface area (Å²) < 4.78 is 0. The van der Waals surface area contributed by atoms with Crippen molar-refractivity contribution in [3.8, 4) is 0 Å². The molecule has 0 aliphatic carbocycles. The number of hydrogen-bond donors (Lipinski definition) is 1. The molecule has 0 saturated carbocycles. The number of nitrogens with one attached hydrogen (secondary N) is 1. The van der Waals surface area contributed by atoms with E-state index >= 15 is 0 Å². The SMILES string of the molecule is CC(C)NC=NCCCN(C)C. The van der Waals surface area contributed by atoms with Crippen molar-refractivity contribution >= 4 is 6.34 Å². The van der Waals surface area contributed by atoms with Gasteiger partial charge in [-0.05, 0) is 40.9 Å². The Hall–Kier alpha value is -0.570. The molecule has 0 aliphatic rings. The quantitative estimate of drug-likeness (QED) is 0.366. The van der Waals surface area contributed by atoms with Crippen LogP contribution in [0.15, 0.2) is 4.99 Å². The van der Waals surface area contributed by atoms with Crippen LogP contribution < -0.4 is 5.32 Å². The van der Waals surface area contributed by atoms with Crippen molar-refractivity contribution in [1.82, 2.24) is 10.2 Å². The number of nitrogens with zero attached hydrogens (tertiary/aromatic N) is 2. The van der Waals surface area contributed by atoms with Crippen molar-refractivity contribution < 1.29 is 0 Å². The van der Waals surface area contributed by atoms with Gasteiger partial charge in [0.15, 0.2) is 0 Å². The van der Waals surface area contributed by atoms with E-state index in [0.717, 1.165) is 19.5 Å². The van der Waals surface area contributed by atoms with E-state index in [1.807, 2.05) is 0 Å². The van der Waals surface area contributed by atoms with Crippen LogP contribution >= 0.6 is 0 Å². The van der Waals surface area contributed by atoms with Gasteiger partial charge in [-0.15, -0.1) is 0 Å². The Morgan fingerprint density at radius 2 is 2.08 bits per heavy atom. The van der Waals surface area contributed by atoms with Crippen LogP contribution in [0.3, 0.4) is 0 Å². The Labute approximate surface area is 75.9 Å². The average molecular weight is 171 g/mol. The van der Waals surface area contributed by atoms with Gasteiger partial charge in [-0.2, -0.15) is 0 Å². The molecule has 12 heavy (non-hydrogen) atoms. The summed E-state index contributed by atoms with van der Waals surface area (Å²) in [4.78, 5) is 6.39. The maximum absolute atomic E-state index is 4.22. The molecule has 1 N–H and O–H groups in total. The molecule has 0 aromatic carbocycles. The second-order valence-electron chi connectivity index (χ2n) is 3.51. The van der Waals surface area contributed by atoms with Gasteiger partial charge in [0.1, 0.15) is 0 Å². The van der Waals surface area contributed by atoms with Gasteiger partial charge >= 0.3 is 0 Å². The molecule has 0 radical (unpaired) electrons. The molecule has 0 fully saturated rings. The van der Waals surface area contributed by atoms with Crippen LogP contribution in [0.1, 0.15) is 20.3 Å². The molecule has 0 aromatic heterocycles. The largest absolute Gasteiger partial charge is 0.374 e. The van der Waals surface area contributed by atoms with E-state index in [0.29, 0.717) is 6.04 Å². The lowest BCUT2D eigenvalue weighted by Gasteiger charge is -2.07. The Kier molecular flexibility index (Phi) is 6.76. The Balaban J connectivity index is 3.13. The second kappa shape index (κ2) is 7.10. The van der Waals surface area contributed by atoms with Crippen LogP contribution in [-0.4, -0.2) is 44.5 Å². The monoisotopic (exact) mass is 171 g/mol. The predicted octanol–water partition coefficient (Wildman–Crippen LogP) is 0.964. The average Bonchev–Trinajstić information content (AvgIpc) is 1.95. The van der Waals surface area contributed by atoms with Crippen molar-refractivity contribution in [1.29, 1.82) is 0 Å². The maximum atomic E-state index is 4.22. The van der Waals surface area contributed by atoms with E-state index < -0.39 is 0 Å². The summed E-state index contributed by atoms with van der Waals surface area (Å²) in [5.41, 5.74) is 0. The first-order valence-corrected chi connectivity index (χ1v) is 4.52. The fourth-order valence-electron chi connectivity index (χ4n) is 0.745. The minimum atomic E-state index is 0.489. The molecular formula is C9H21N3. The van der Waals surface area contributed by atoms with E-state index in [1.165, 1.54) is 0 Å². The first-order valence-electron chi connectivity index (χ1n) is 4.52. The third-order valence-electron chi connectivity index (χ3n) is 1.39. The molecule has 0 aliphatic heterocycles. The Morgan fingerprint density at radius 1 is 1.42 bits per heavy atom. The molecule has 3 nitrogen and oxygen atoms in total. The molecule has 0 atom stereocenters. The van der Waals surface area contributed by atoms with Crippen LogP contribution in [0.5, 0.6) is 0 Å². The molecule has 0 amide bonds. The zero-order valence-electron chi connectivity index (χ0n) is 8.67. The highest BCUT2D eigenvalue weighted by Crippen LogP contribution is 1.83. The highest BCUT2D eigenvalue weighted by molar-refractivity contribution is 5.54. The van der Waals surface area contributed by atoms with Gasteiger partial charge in [0.2, 0.25) is 0 Å². The van der Waals surface area contributed by atoms with Gasteiger partial charge in [-0.3, -0.25) is 4.99 Å². The normalized spacial score (nSPS) is 11.8. The molecular weight excluding hydrogens is 150 g/mol. The van der Waals surface area contributed by atoms with Crippen LogP contribution in [-0.2, 0) is 0 Å². The first-order chi connectivity index (χ1) is 5.63. The van der Waals surface area contributed by atoms with Crippen LogP contribution in [0, 0.1) is 0 Å². The van der Waals surface area contributed by atoms with Crippen molar-refractivity contribution in [3.63, 3.8) is 0 Å². The minimum Gasteiger partial charge on any atom is -0.374 e. The molecule has 0 heterocycles. The lowest BCUT2D eigenvalue weighted by Crippen LogP contribution is -2.20. The number of aliphatic imine (C=N–C) groups is 1. The third kappa shape index (κ3) is 9.43. The molecule has 0 bridgehead atoms. The second-order valence-corrected chi connectivity index (χ2v) is 3.51. The molecule has 0 unspecified atom stereocenters. The van der Waals surface area contributed by atoms with Crippen molar-refractivity contribution in [2.75, 3.05) is 27.2 Å². The smallest absolute Gasteiger partial charge is 0.0825 e. The van der Waals surface area contributed by atoms with Gasteiger partial charge in [0, 0.05) is 12.6 Å². The standard InChI is InChI=1S/C9H21N3/c1-9(2)11-8-10-6-5-7-12(3)4/h8-9H,5-7H2,1-4H3,(H,10,11). The van der Waals surface area contributed by atoms with Crippen LogP contribution in [0.4, 0.5) is 0 Å². The third-order valence-corrected chi connectivity index (χ3v) is 1.39. The van der Waals surface area contributed by atoms with Gasteiger partial charge < -0.3 is 10.2 Å². The molecule has 0 saturated heterocycles. The maximum Gasteiger partial charge on any atom is 0.0825 e. The molecule has 0 spiro atoms. The van der Waals surface area contributed by atoms with E-state index in [1.54, 1.807) is 6.34 Å². The van der Waals surface area contributed by atoms with Gasteiger partial charge in [0.05, 0.1) is 6.34 Å². The van der Waals surface area contributed by atoms with Crippen LogP contribution in [0.25, 0.3) is 0 Å². The lowest BCUT2D eigenvalue weighted by atomic mass is 10.4. The number of hydrogen-bond acceptors (Lipinski definition) is 2. The van der Waals surface area contributed by atoms with Crippen molar-refractivity contribution in [2.45, 2.75) is 26.3 Å². The molecule has 0 aromatic rings. The topological polar surface area (TPSA) is 27.6 Å². The lowest BCUT2D eigenvalue weighted by molar-refractivity contribution is 0.403. The van der Waals surface area contributed by atoms with E-state index in [4.69, 9.17) is 0 Å². The highest BCUT2D eigenvalue weighted by Gasteiger charge is 1.88. The fourth-order valence-corrected chi connectivity index (χ4v) is 0.745. The van der Waals surface area contributed by atoms with Crippen molar-refractivity contribution in [3.05, 3.63) is 0 Å². The zero-order valence-corrected chi connectivity index (χ0v) is 8.67. The summed E-state index contributed by atoms with van der Waals surface area (Å²) in [5, 5.41) is 3.13. The van der Waals surface area contributed by atoms with Crippen LogP contribution in [0.2, 0.25) is 0 Å².